The fourth-order valence-electron chi connectivity index (χ4n) is 4.68. The molecule has 4 rings (SSSR count). The van der Waals surface area contributed by atoms with Crippen molar-refractivity contribution < 1.29 is 14.0 Å². The molecule has 0 saturated heterocycles. The third-order valence-electron chi connectivity index (χ3n) is 6.66. The Hall–Kier alpha value is -3.21. The Morgan fingerprint density at radius 1 is 0.970 bits per heavy atom. The zero-order chi connectivity index (χ0) is 23.2. The first-order valence-electron chi connectivity index (χ1n) is 11.8. The summed E-state index contributed by atoms with van der Waals surface area (Å²) in [4.78, 5) is 27.9. The van der Waals surface area contributed by atoms with Crippen LogP contribution in [0.15, 0.2) is 66.7 Å². The zero-order valence-corrected chi connectivity index (χ0v) is 19.1. The summed E-state index contributed by atoms with van der Waals surface area (Å²) in [6.45, 7) is 1.81. The van der Waals surface area contributed by atoms with Crippen LogP contribution >= 0.6 is 0 Å². The summed E-state index contributed by atoms with van der Waals surface area (Å²) in [7, 11) is 0. The molecule has 2 amide bonds. The molecule has 1 aliphatic rings. The SMILES string of the molecule is C[C@@H](C(=O)NC1CCCC1)N(Cc1ccccc1F)C(=O)CCc1cccc2ccccc12. The van der Waals surface area contributed by atoms with Gasteiger partial charge in [0.25, 0.3) is 0 Å². The summed E-state index contributed by atoms with van der Waals surface area (Å²) < 4.78 is 14.4. The van der Waals surface area contributed by atoms with E-state index in [1.165, 1.54) is 11.0 Å². The maximum absolute atomic E-state index is 14.4. The standard InChI is InChI=1S/C28H31FN2O2/c1-20(28(33)30-24-13-4-5-14-24)31(19-23-10-3-7-16-26(23)29)27(32)18-17-22-12-8-11-21-9-2-6-15-25(21)22/h2-3,6-12,15-16,20,24H,4-5,13-14,17-19H2,1H3,(H,30,33)/t20-/m0/s1. The summed E-state index contributed by atoms with van der Waals surface area (Å²) in [5.41, 5.74) is 1.51. The lowest BCUT2D eigenvalue weighted by Gasteiger charge is -2.30. The van der Waals surface area contributed by atoms with Crippen LogP contribution in [0.2, 0.25) is 0 Å². The molecular weight excluding hydrogens is 415 g/mol. The van der Waals surface area contributed by atoms with E-state index in [9.17, 15) is 14.0 Å². The topological polar surface area (TPSA) is 49.4 Å². The molecule has 172 valence electrons. The molecule has 4 nitrogen and oxygen atoms in total. The first-order valence-corrected chi connectivity index (χ1v) is 11.8. The molecule has 1 saturated carbocycles. The van der Waals surface area contributed by atoms with Crippen molar-refractivity contribution >= 4 is 22.6 Å². The van der Waals surface area contributed by atoms with Crippen molar-refractivity contribution in [2.24, 2.45) is 0 Å². The highest BCUT2D eigenvalue weighted by molar-refractivity contribution is 5.89. The number of carbonyl (C=O) groups is 2. The summed E-state index contributed by atoms with van der Waals surface area (Å²) in [5, 5.41) is 5.35. The quantitative estimate of drug-likeness (QED) is 0.505. The molecule has 3 aromatic carbocycles. The van der Waals surface area contributed by atoms with Gasteiger partial charge >= 0.3 is 0 Å². The van der Waals surface area contributed by atoms with E-state index >= 15 is 0 Å². The minimum Gasteiger partial charge on any atom is -0.352 e. The fraction of sp³-hybridized carbons (Fsp3) is 0.357. The van der Waals surface area contributed by atoms with E-state index in [0.29, 0.717) is 12.0 Å². The van der Waals surface area contributed by atoms with Gasteiger partial charge in [-0.3, -0.25) is 9.59 Å². The number of nitrogens with zero attached hydrogens (tertiary/aromatic N) is 1. The number of carbonyl (C=O) groups excluding carboxylic acids is 2. The second-order valence-corrected chi connectivity index (χ2v) is 8.92. The number of hydrogen-bond acceptors (Lipinski definition) is 2. The van der Waals surface area contributed by atoms with Crippen LogP contribution in [0, 0.1) is 5.82 Å². The first-order chi connectivity index (χ1) is 16.0. The van der Waals surface area contributed by atoms with Crippen molar-refractivity contribution in [2.75, 3.05) is 0 Å². The predicted octanol–water partition coefficient (Wildman–Crippen LogP) is 5.39. The number of amides is 2. The molecule has 0 radical (unpaired) electrons. The molecule has 0 bridgehead atoms. The predicted molar refractivity (Wildman–Crippen MR) is 129 cm³/mol. The minimum atomic E-state index is -0.676. The lowest BCUT2D eigenvalue weighted by atomic mass is 10.0. The molecule has 0 unspecified atom stereocenters. The maximum Gasteiger partial charge on any atom is 0.242 e. The average molecular weight is 447 g/mol. The third kappa shape index (κ3) is 5.59. The second kappa shape index (κ2) is 10.6. The highest BCUT2D eigenvalue weighted by Gasteiger charge is 2.28. The summed E-state index contributed by atoms with van der Waals surface area (Å²) in [5.74, 6) is -0.690. The largest absolute Gasteiger partial charge is 0.352 e. The van der Waals surface area contributed by atoms with E-state index in [1.54, 1.807) is 25.1 Å². The highest BCUT2D eigenvalue weighted by Crippen LogP contribution is 2.22. The fourth-order valence-corrected chi connectivity index (χ4v) is 4.68. The Morgan fingerprint density at radius 2 is 1.64 bits per heavy atom. The Bertz CT molecular complexity index is 1120. The van der Waals surface area contributed by atoms with Gasteiger partial charge in [0.2, 0.25) is 11.8 Å². The van der Waals surface area contributed by atoms with Gasteiger partial charge in [0, 0.05) is 24.6 Å². The molecule has 1 fully saturated rings. The monoisotopic (exact) mass is 446 g/mol. The average Bonchev–Trinajstić information content (AvgIpc) is 3.34. The number of rotatable bonds is 8. The van der Waals surface area contributed by atoms with Crippen LogP contribution in [0.1, 0.15) is 50.2 Å². The number of nitrogens with one attached hydrogen (secondary N) is 1. The van der Waals surface area contributed by atoms with Crippen LogP contribution in [-0.4, -0.2) is 28.8 Å². The van der Waals surface area contributed by atoms with Crippen molar-refractivity contribution in [1.82, 2.24) is 10.2 Å². The number of halogens is 1. The maximum atomic E-state index is 14.4. The van der Waals surface area contributed by atoms with Gasteiger partial charge < -0.3 is 10.2 Å². The number of hydrogen-bond donors (Lipinski definition) is 1. The summed E-state index contributed by atoms with van der Waals surface area (Å²) >= 11 is 0. The molecule has 3 aromatic rings. The lowest BCUT2D eigenvalue weighted by molar-refractivity contribution is -0.140. The molecule has 0 aliphatic heterocycles. The Labute approximate surface area is 194 Å². The van der Waals surface area contributed by atoms with E-state index in [0.717, 1.165) is 42.0 Å². The van der Waals surface area contributed by atoms with Crippen molar-refractivity contribution in [1.29, 1.82) is 0 Å². The van der Waals surface area contributed by atoms with Gasteiger partial charge in [-0.15, -0.1) is 0 Å². The van der Waals surface area contributed by atoms with E-state index in [-0.39, 0.29) is 36.6 Å². The van der Waals surface area contributed by atoms with Crippen molar-refractivity contribution in [3.63, 3.8) is 0 Å². The van der Waals surface area contributed by atoms with Crippen LogP contribution in [0.3, 0.4) is 0 Å². The number of benzene rings is 3. The molecule has 33 heavy (non-hydrogen) atoms. The molecule has 1 N–H and O–H groups in total. The highest BCUT2D eigenvalue weighted by atomic mass is 19.1. The Morgan fingerprint density at radius 3 is 2.42 bits per heavy atom. The Balaban J connectivity index is 1.51. The number of aryl methyl sites for hydroxylation is 1. The minimum absolute atomic E-state index is 0.0697. The second-order valence-electron chi connectivity index (χ2n) is 8.92. The lowest BCUT2D eigenvalue weighted by Crippen LogP contribution is -2.49. The van der Waals surface area contributed by atoms with Gasteiger partial charge in [-0.2, -0.15) is 0 Å². The van der Waals surface area contributed by atoms with Gasteiger partial charge in [0.15, 0.2) is 0 Å². The molecular formula is C28H31FN2O2. The van der Waals surface area contributed by atoms with Gasteiger partial charge in [-0.25, -0.2) is 4.39 Å². The molecule has 0 spiro atoms. The van der Waals surface area contributed by atoms with Crippen LogP contribution in [0.25, 0.3) is 10.8 Å². The molecule has 1 aliphatic carbocycles. The third-order valence-corrected chi connectivity index (χ3v) is 6.66. The molecule has 1 atom stereocenters. The van der Waals surface area contributed by atoms with E-state index in [1.807, 2.05) is 24.3 Å². The molecule has 0 heterocycles. The van der Waals surface area contributed by atoms with Gasteiger partial charge in [0.1, 0.15) is 11.9 Å². The smallest absolute Gasteiger partial charge is 0.242 e. The van der Waals surface area contributed by atoms with Crippen molar-refractivity contribution in [3.8, 4) is 0 Å². The van der Waals surface area contributed by atoms with Crippen molar-refractivity contribution in [2.45, 2.75) is 64.1 Å². The van der Waals surface area contributed by atoms with Gasteiger partial charge in [-0.05, 0) is 48.6 Å². The van der Waals surface area contributed by atoms with Crippen LogP contribution in [0.4, 0.5) is 4.39 Å². The van der Waals surface area contributed by atoms with E-state index in [2.05, 4.69) is 23.5 Å². The van der Waals surface area contributed by atoms with Crippen LogP contribution < -0.4 is 5.32 Å². The van der Waals surface area contributed by atoms with E-state index < -0.39 is 6.04 Å². The van der Waals surface area contributed by atoms with E-state index in [4.69, 9.17) is 0 Å². The molecule has 5 heteroatoms. The zero-order valence-electron chi connectivity index (χ0n) is 19.1. The summed E-state index contributed by atoms with van der Waals surface area (Å²) in [6, 6.07) is 20.1. The Kier molecular flexibility index (Phi) is 7.38. The van der Waals surface area contributed by atoms with Gasteiger partial charge in [0.05, 0.1) is 0 Å². The molecule has 0 aromatic heterocycles. The number of fused-ring (bicyclic) bond motifs is 1. The van der Waals surface area contributed by atoms with Crippen molar-refractivity contribution in [3.05, 3.63) is 83.7 Å². The van der Waals surface area contributed by atoms with Gasteiger partial charge in [-0.1, -0.05) is 73.5 Å². The van der Waals surface area contributed by atoms with Crippen LogP contribution in [0.5, 0.6) is 0 Å². The summed E-state index contributed by atoms with van der Waals surface area (Å²) in [6.07, 6.45) is 4.99. The normalized spacial score (nSPS) is 14.8. The first kappa shape index (κ1) is 23.0. The van der Waals surface area contributed by atoms with Crippen LogP contribution in [-0.2, 0) is 22.6 Å².